The first kappa shape index (κ1) is 21.0. The molecule has 0 saturated carbocycles. The number of urea groups is 1. The lowest BCUT2D eigenvalue weighted by Gasteiger charge is -2.19. The van der Waals surface area contributed by atoms with Crippen LogP contribution in [0.2, 0.25) is 0 Å². The minimum absolute atomic E-state index is 0.0387. The van der Waals surface area contributed by atoms with E-state index in [0.29, 0.717) is 24.1 Å². The van der Waals surface area contributed by atoms with Crippen LogP contribution in [0.15, 0.2) is 48.5 Å². The van der Waals surface area contributed by atoms with Gasteiger partial charge >= 0.3 is 12.0 Å². The van der Waals surface area contributed by atoms with Gasteiger partial charge < -0.3 is 21.1 Å². The summed E-state index contributed by atoms with van der Waals surface area (Å²) in [7, 11) is 1.54. The van der Waals surface area contributed by atoms with Gasteiger partial charge in [0.15, 0.2) is 0 Å². The summed E-state index contributed by atoms with van der Waals surface area (Å²) in [5, 5.41) is 17.1. The number of aryl methyl sites for hydroxylation is 1. The fourth-order valence-corrected chi connectivity index (χ4v) is 2.81. The highest BCUT2D eigenvalue weighted by Crippen LogP contribution is 2.17. The second-order valence-electron chi connectivity index (χ2n) is 6.53. The molecule has 0 bridgehead atoms. The second-order valence-corrected chi connectivity index (χ2v) is 6.53. The van der Waals surface area contributed by atoms with Crippen LogP contribution >= 0.6 is 0 Å². The molecule has 0 aromatic heterocycles. The molecule has 2 rings (SSSR count). The molecule has 0 aliphatic rings. The van der Waals surface area contributed by atoms with E-state index in [1.165, 1.54) is 0 Å². The molecule has 0 fully saturated rings. The quantitative estimate of drug-likeness (QED) is 0.562. The van der Waals surface area contributed by atoms with E-state index < -0.39 is 12.0 Å². The van der Waals surface area contributed by atoms with Crippen LogP contribution in [0.25, 0.3) is 0 Å². The molecule has 0 saturated heterocycles. The average molecular weight is 383 g/mol. The summed E-state index contributed by atoms with van der Waals surface area (Å²) in [5.41, 5.74) is 2.79. The highest BCUT2D eigenvalue weighted by Gasteiger charge is 2.16. The van der Waals surface area contributed by atoms with Gasteiger partial charge in [0.25, 0.3) is 5.91 Å². The molecule has 4 N–H and O–H groups in total. The highest BCUT2D eigenvalue weighted by atomic mass is 16.4. The van der Waals surface area contributed by atoms with Crippen LogP contribution < -0.4 is 16.0 Å². The van der Waals surface area contributed by atoms with E-state index in [1.54, 1.807) is 25.2 Å². The van der Waals surface area contributed by atoms with Crippen LogP contribution in [-0.2, 0) is 11.2 Å². The van der Waals surface area contributed by atoms with Crippen molar-refractivity contribution < 1.29 is 19.5 Å². The van der Waals surface area contributed by atoms with E-state index >= 15 is 0 Å². The molecule has 2 aromatic carbocycles. The molecule has 7 nitrogen and oxygen atoms in total. The molecule has 3 amide bonds. The summed E-state index contributed by atoms with van der Waals surface area (Å²) in [4.78, 5) is 35.2. The molecule has 0 aliphatic heterocycles. The number of carboxylic acid groups (broad SMARTS) is 1. The SMILES string of the molecule is CNC(=O)c1ccc(C)c(NC(=O)NC(CCC(=O)O)Cc2ccccc2)c1. The molecule has 7 heteroatoms. The largest absolute Gasteiger partial charge is 0.481 e. The zero-order chi connectivity index (χ0) is 20.5. The summed E-state index contributed by atoms with van der Waals surface area (Å²) in [6.07, 6.45) is 0.802. The van der Waals surface area contributed by atoms with E-state index in [2.05, 4.69) is 16.0 Å². The van der Waals surface area contributed by atoms with Gasteiger partial charge in [0.1, 0.15) is 0 Å². The first-order chi connectivity index (χ1) is 13.4. The van der Waals surface area contributed by atoms with Crippen LogP contribution in [-0.4, -0.2) is 36.1 Å². The Morgan fingerprint density at radius 3 is 2.43 bits per heavy atom. The third-order valence-electron chi connectivity index (χ3n) is 4.34. The Labute approximate surface area is 164 Å². The minimum atomic E-state index is -0.908. The number of carbonyl (C=O) groups excluding carboxylic acids is 2. The zero-order valence-corrected chi connectivity index (χ0v) is 16.0. The number of carbonyl (C=O) groups is 3. The summed E-state index contributed by atoms with van der Waals surface area (Å²) < 4.78 is 0. The van der Waals surface area contributed by atoms with E-state index in [9.17, 15) is 14.4 Å². The van der Waals surface area contributed by atoms with Gasteiger partial charge in [-0.05, 0) is 43.0 Å². The lowest BCUT2D eigenvalue weighted by Crippen LogP contribution is -2.39. The fraction of sp³-hybridized carbons (Fsp3) is 0.286. The van der Waals surface area contributed by atoms with Gasteiger partial charge in [-0.2, -0.15) is 0 Å². The topological polar surface area (TPSA) is 108 Å². The Morgan fingerprint density at radius 2 is 1.79 bits per heavy atom. The molecule has 0 radical (unpaired) electrons. The summed E-state index contributed by atoms with van der Waals surface area (Å²) in [6, 6.07) is 13.8. The summed E-state index contributed by atoms with van der Waals surface area (Å²) in [5.74, 6) is -1.15. The van der Waals surface area contributed by atoms with Gasteiger partial charge in [-0.25, -0.2) is 4.79 Å². The van der Waals surface area contributed by atoms with E-state index in [-0.39, 0.29) is 18.4 Å². The smallest absolute Gasteiger partial charge is 0.319 e. The van der Waals surface area contributed by atoms with Crippen molar-refractivity contribution in [3.63, 3.8) is 0 Å². The molecule has 0 heterocycles. The van der Waals surface area contributed by atoms with E-state index in [4.69, 9.17) is 5.11 Å². The molecule has 0 spiro atoms. The Hall–Kier alpha value is -3.35. The third kappa shape index (κ3) is 6.42. The molecular formula is C21H25N3O4. The first-order valence-corrected chi connectivity index (χ1v) is 9.05. The van der Waals surface area contributed by atoms with Gasteiger partial charge in [0.2, 0.25) is 0 Å². The molecule has 2 aromatic rings. The van der Waals surface area contributed by atoms with Gasteiger partial charge in [0, 0.05) is 30.8 Å². The summed E-state index contributed by atoms with van der Waals surface area (Å²) >= 11 is 0. The van der Waals surface area contributed by atoms with Crippen LogP contribution in [0.5, 0.6) is 0 Å². The average Bonchev–Trinajstić information content (AvgIpc) is 2.68. The van der Waals surface area contributed by atoms with Gasteiger partial charge in [0.05, 0.1) is 0 Å². The number of rotatable bonds is 8. The van der Waals surface area contributed by atoms with Crippen molar-refractivity contribution in [3.8, 4) is 0 Å². The van der Waals surface area contributed by atoms with Crippen molar-refractivity contribution in [1.82, 2.24) is 10.6 Å². The van der Waals surface area contributed by atoms with Crippen LogP contribution in [0.3, 0.4) is 0 Å². The lowest BCUT2D eigenvalue weighted by atomic mass is 10.0. The number of hydrogen-bond donors (Lipinski definition) is 4. The predicted molar refractivity (Wildman–Crippen MR) is 108 cm³/mol. The van der Waals surface area contributed by atoms with Crippen LogP contribution in [0.1, 0.15) is 34.3 Å². The van der Waals surface area contributed by atoms with Crippen molar-refractivity contribution in [2.24, 2.45) is 0 Å². The molecule has 0 aliphatic carbocycles. The number of nitrogens with one attached hydrogen (secondary N) is 3. The van der Waals surface area contributed by atoms with Gasteiger partial charge in [-0.1, -0.05) is 36.4 Å². The maximum absolute atomic E-state index is 12.5. The van der Waals surface area contributed by atoms with Crippen molar-refractivity contribution in [2.75, 3.05) is 12.4 Å². The van der Waals surface area contributed by atoms with Crippen molar-refractivity contribution in [3.05, 3.63) is 65.2 Å². The molecule has 1 atom stereocenters. The maximum atomic E-state index is 12.5. The van der Waals surface area contributed by atoms with Crippen LogP contribution in [0.4, 0.5) is 10.5 Å². The van der Waals surface area contributed by atoms with Gasteiger partial charge in [-0.15, -0.1) is 0 Å². The van der Waals surface area contributed by atoms with Crippen molar-refractivity contribution >= 4 is 23.6 Å². The Morgan fingerprint density at radius 1 is 1.07 bits per heavy atom. The maximum Gasteiger partial charge on any atom is 0.319 e. The van der Waals surface area contributed by atoms with Crippen molar-refractivity contribution in [1.29, 1.82) is 0 Å². The Balaban J connectivity index is 2.08. The van der Waals surface area contributed by atoms with Crippen molar-refractivity contribution in [2.45, 2.75) is 32.2 Å². The number of anilines is 1. The van der Waals surface area contributed by atoms with Crippen LogP contribution in [0, 0.1) is 6.92 Å². The number of benzene rings is 2. The highest BCUT2D eigenvalue weighted by molar-refractivity contribution is 5.97. The monoisotopic (exact) mass is 383 g/mol. The number of amides is 3. The molecule has 28 heavy (non-hydrogen) atoms. The first-order valence-electron chi connectivity index (χ1n) is 9.05. The number of carboxylic acids is 1. The lowest BCUT2D eigenvalue weighted by molar-refractivity contribution is -0.137. The third-order valence-corrected chi connectivity index (χ3v) is 4.34. The fourth-order valence-electron chi connectivity index (χ4n) is 2.81. The van der Waals surface area contributed by atoms with E-state index in [1.807, 2.05) is 37.3 Å². The summed E-state index contributed by atoms with van der Waals surface area (Å²) in [6.45, 7) is 1.83. The second kappa shape index (κ2) is 10.1. The predicted octanol–water partition coefficient (Wildman–Crippen LogP) is 2.95. The number of aliphatic carboxylic acids is 1. The minimum Gasteiger partial charge on any atom is -0.481 e. The molecular weight excluding hydrogens is 358 g/mol. The number of hydrogen-bond acceptors (Lipinski definition) is 3. The Bertz CT molecular complexity index is 837. The van der Waals surface area contributed by atoms with E-state index in [0.717, 1.165) is 11.1 Å². The zero-order valence-electron chi connectivity index (χ0n) is 16.0. The standard InChI is InChI=1S/C21H25N3O4/c1-14-8-9-16(20(27)22-2)13-18(14)24-21(28)23-17(10-11-19(25)26)12-15-6-4-3-5-7-15/h3-9,13,17H,10-12H2,1-2H3,(H,22,27)(H,25,26)(H2,23,24,28). The van der Waals surface area contributed by atoms with Gasteiger partial charge in [-0.3, -0.25) is 9.59 Å². The molecule has 1 unspecified atom stereocenters. The molecule has 148 valence electrons. The Kier molecular flexibility index (Phi) is 7.56. The normalized spacial score (nSPS) is 11.4.